The molecule has 1 N–H and O–H groups in total. The van der Waals surface area contributed by atoms with Gasteiger partial charge in [-0.15, -0.1) is 0 Å². The van der Waals surface area contributed by atoms with E-state index in [2.05, 4.69) is 16.0 Å². The standard InChI is InChI=1S/C9H12N2OS/c1-7(2)4-6-13-9-10-5-3-8(12)11-9/h3-5H,6H2,1-2H3,(H,10,11,12). The molecule has 0 bridgehead atoms. The van der Waals surface area contributed by atoms with E-state index in [4.69, 9.17) is 0 Å². The minimum atomic E-state index is -0.102. The number of hydrogen-bond acceptors (Lipinski definition) is 3. The summed E-state index contributed by atoms with van der Waals surface area (Å²) in [5.74, 6) is 0.843. The molecule has 1 rings (SSSR count). The molecule has 13 heavy (non-hydrogen) atoms. The van der Waals surface area contributed by atoms with Crippen LogP contribution in [0.1, 0.15) is 13.8 Å². The summed E-state index contributed by atoms with van der Waals surface area (Å²) < 4.78 is 0. The van der Waals surface area contributed by atoms with Crippen LogP contribution in [0, 0.1) is 0 Å². The quantitative estimate of drug-likeness (QED) is 0.455. The summed E-state index contributed by atoms with van der Waals surface area (Å²) in [5, 5.41) is 0.671. The third-order valence-electron chi connectivity index (χ3n) is 1.36. The fraction of sp³-hybridized carbons (Fsp3) is 0.333. The Kier molecular flexibility index (Phi) is 3.76. The molecule has 0 amide bonds. The van der Waals surface area contributed by atoms with Gasteiger partial charge < -0.3 is 4.98 Å². The van der Waals surface area contributed by atoms with E-state index >= 15 is 0 Å². The van der Waals surface area contributed by atoms with Crippen molar-refractivity contribution in [1.29, 1.82) is 0 Å². The molecular weight excluding hydrogens is 184 g/mol. The van der Waals surface area contributed by atoms with Gasteiger partial charge in [-0.2, -0.15) is 0 Å². The van der Waals surface area contributed by atoms with Crippen molar-refractivity contribution in [3.05, 3.63) is 34.3 Å². The smallest absolute Gasteiger partial charge is 0.251 e. The Morgan fingerprint density at radius 3 is 3.08 bits per heavy atom. The van der Waals surface area contributed by atoms with Crippen LogP contribution in [0.15, 0.2) is 33.9 Å². The molecule has 0 aromatic carbocycles. The number of aromatic nitrogens is 2. The molecule has 0 fully saturated rings. The van der Waals surface area contributed by atoms with E-state index in [1.165, 1.54) is 29.6 Å². The maximum Gasteiger partial charge on any atom is 0.251 e. The van der Waals surface area contributed by atoms with Crippen molar-refractivity contribution in [1.82, 2.24) is 9.97 Å². The number of nitrogens with zero attached hydrogens (tertiary/aromatic N) is 1. The van der Waals surface area contributed by atoms with Crippen LogP contribution in [0.3, 0.4) is 0 Å². The van der Waals surface area contributed by atoms with Gasteiger partial charge in [0.2, 0.25) is 0 Å². The predicted molar refractivity (Wildman–Crippen MR) is 55.0 cm³/mol. The third-order valence-corrected chi connectivity index (χ3v) is 2.17. The second kappa shape index (κ2) is 4.87. The Morgan fingerprint density at radius 2 is 2.46 bits per heavy atom. The zero-order valence-corrected chi connectivity index (χ0v) is 8.52. The van der Waals surface area contributed by atoms with Crippen LogP contribution in [0.5, 0.6) is 0 Å². The van der Waals surface area contributed by atoms with Crippen molar-refractivity contribution in [2.24, 2.45) is 0 Å². The predicted octanol–water partition coefficient (Wildman–Crippen LogP) is 1.83. The van der Waals surface area contributed by atoms with Gasteiger partial charge in [-0.05, 0) is 13.8 Å². The molecule has 3 nitrogen and oxygen atoms in total. The van der Waals surface area contributed by atoms with Crippen LogP contribution in [0.25, 0.3) is 0 Å². The second-order valence-electron chi connectivity index (χ2n) is 2.83. The Balaban J connectivity index is 2.55. The lowest BCUT2D eigenvalue weighted by Gasteiger charge is -1.95. The van der Waals surface area contributed by atoms with E-state index in [0.29, 0.717) is 5.16 Å². The Labute approximate surface area is 81.3 Å². The van der Waals surface area contributed by atoms with E-state index < -0.39 is 0 Å². The SMILES string of the molecule is CC(C)=CCSc1nccc(=O)[nH]1. The summed E-state index contributed by atoms with van der Waals surface area (Å²) in [7, 11) is 0. The van der Waals surface area contributed by atoms with Gasteiger partial charge in [0.25, 0.3) is 5.56 Å². The average molecular weight is 196 g/mol. The Bertz CT molecular complexity index is 353. The highest BCUT2D eigenvalue weighted by molar-refractivity contribution is 7.99. The Hall–Kier alpha value is -1.03. The first-order valence-corrected chi connectivity index (χ1v) is 4.98. The molecule has 0 aliphatic rings. The van der Waals surface area contributed by atoms with E-state index in [-0.39, 0.29) is 5.56 Å². The number of H-pyrrole nitrogens is 1. The number of rotatable bonds is 3. The first-order valence-electron chi connectivity index (χ1n) is 4.00. The van der Waals surface area contributed by atoms with Crippen molar-refractivity contribution in [2.45, 2.75) is 19.0 Å². The van der Waals surface area contributed by atoms with Gasteiger partial charge in [0.05, 0.1) is 0 Å². The van der Waals surface area contributed by atoms with E-state index in [1.807, 2.05) is 13.8 Å². The van der Waals surface area contributed by atoms with Crippen LogP contribution in [-0.2, 0) is 0 Å². The maximum atomic E-state index is 10.9. The maximum absolute atomic E-state index is 10.9. The van der Waals surface area contributed by atoms with Crippen LogP contribution >= 0.6 is 11.8 Å². The monoisotopic (exact) mass is 196 g/mol. The van der Waals surface area contributed by atoms with Gasteiger partial charge >= 0.3 is 0 Å². The molecule has 0 saturated carbocycles. The zero-order chi connectivity index (χ0) is 9.68. The van der Waals surface area contributed by atoms with Crippen molar-refractivity contribution in [3.8, 4) is 0 Å². The fourth-order valence-electron chi connectivity index (χ4n) is 0.713. The highest BCUT2D eigenvalue weighted by Gasteiger charge is 1.93. The minimum Gasteiger partial charge on any atom is -0.301 e. The highest BCUT2D eigenvalue weighted by Crippen LogP contribution is 2.10. The lowest BCUT2D eigenvalue weighted by Crippen LogP contribution is -2.05. The molecule has 0 radical (unpaired) electrons. The van der Waals surface area contributed by atoms with Gasteiger partial charge in [0.1, 0.15) is 0 Å². The first-order chi connectivity index (χ1) is 6.18. The van der Waals surface area contributed by atoms with Crippen LogP contribution in [0.4, 0.5) is 0 Å². The Morgan fingerprint density at radius 1 is 1.69 bits per heavy atom. The lowest BCUT2D eigenvalue weighted by molar-refractivity contribution is 0.938. The van der Waals surface area contributed by atoms with Crippen molar-refractivity contribution < 1.29 is 0 Å². The van der Waals surface area contributed by atoms with Gasteiger partial charge in [0, 0.05) is 18.0 Å². The van der Waals surface area contributed by atoms with E-state index in [9.17, 15) is 4.79 Å². The van der Waals surface area contributed by atoms with Crippen molar-refractivity contribution >= 4 is 11.8 Å². The summed E-state index contributed by atoms with van der Waals surface area (Å²) in [6.45, 7) is 4.09. The summed E-state index contributed by atoms with van der Waals surface area (Å²) in [4.78, 5) is 17.5. The fourth-order valence-corrected chi connectivity index (χ4v) is 1.60. The normalized spacial score (nSPS) is 9.69. The number of nitrogens with one attached hydrogen (secondary N) is 1. The molecule has 0 saturated heterocycles. The lowest BCUT2D eigenvalue weighted by atomic mass is 10.3. The summed E-state index contributed by atoms with van der Waals surface area (Å²) in [6, 6.07) is 1.41. The molecule has 0 atom stereocenters. The molecule has 70 valence electrons. The number of thioether (sulfide) groups is 1. The van der Waals surface area contributed by atoms with Gasteiger partial charge in [-0.25, -0.2) is 4.98 Å². The second-order valence-corrected chi connectivity index (χ2v) is 3.84. The van der Waals surface area contributed by atoms with Crippen LogP contribution in [-0.4, -0.2) is 15.7 Å². The third kappa shape index (κ3) is 3.94. The van der Waals surface area contributed by atoms with Crippen LogP contribution < -0.4 is 5.56 Å². The van der Waals surface area contributed by atoms with E-state index in [0.717, 1.165) is 5.75 Å². The molecule has 0 aliphatic carbocycles. The molecule has 1 aromatic rings. The van der Waals surface area contributed by atoms with Gasteiger partial charge in [0.15, 0.2) is 5.16 Å². The summed E-state index contributed by atoms with van der Waals surface area (Å²) in [5.41, 5.74) is 1.17. The molecule has 1 heterocycles. The molecule has 0 spiro atoms. The number of aromatic amines is 1. The van der Waals surface area contributed by atoms with Gasteiger partial charge in [-0.1, -0.05) is 23.4 Å². The molecule has 1 aromatic heterocycles. The van der Waals surface area contributed by atoms with Gasteiger partial charge in [-0.3, -0.25) is 4.79 Å². The highest BCUT2D eigenvalue weighted by atomic mass is 32.2. The minimum absolute atomic E-state index is 0.102. The van der Waals surface area contributed by atoms with Crippen molar-refractivity contribution in [3.63, 3.8) is 0 Å². The topological polar surface area (TPSA) is 45.8 Å². The van der Waals surface area contributed by atoms with Crippen LogP contribution in [0.2, 0.25) is 0 Å². The molecule has 4 heteroatoms. The first kappa shape index (κ1) is 10.1. The zero-order valence-electron chi connectivity index (χ0n) is 7.70. The van der Waals surface area contributed by atoms with E-state index in [1.54, 1.807) is 0 Å². The summed E-state index contributed by atoms with van der Waals surface area (Å²) >= 11 is 1.52. The number of allylic oxidation sites excluding steroid dienone is 1. The molecule has 0 unspecified atom stereocenters. The molecular formula is C9H12N2OS. The van der Waals surface area contributed by atoms with Crippen molar-refractivity contribution in [2.75, 3.05) is 5.75 Å². The summed E-state index contributed by atoms with van der Waals surface area (Å²) in [6.07, 6.45) is 3.61. The number of hydrogen-bond donors (Lipinski definition) is 1. The largest absolute Gasteiger partial charge is 0.301 e. The molecule has 0 aliphatic heterocycles. The average Bonchev–Trinajstić information content (AvgIpc) is 2.03.